The number of carbonyl (C=O) groups excluding carboxylic acids is 1. The summed E-state index contributed by atoms with van der Waals surface area (Å²) in [5.41, 5.74) is 2.52. The molecule has 0 spiro atoms. The van der Waals surface area contributed by atoms with E-state index >= 15 is 0 Å². The molecule has 0 saturated heterocycles. The summed E-state index contributed by atoms with van der Waals surface area (Å²) in [5, 5.41) is 0.594. The first kappa shape index (κ1) is 24.2. The van der Waals surface area contributed by atoms with Gasteiger partial charge in [-0.05, 0) is 56.4 Å². The van der Waals surface area contributed by atoms with Crippen molar-refractivity contribution in [3.8, 4) is 5.69 Å². The standard InChI is InChI=1S/C29H37N3O2/c1-4-20-31(27(33)19-16-22-10-6-7-11-22)26(5-2)28-30-25-13-9-8-12-24(25)29(34)32(28)23-17-14-21(3)15-18-23/h8-9,12-15,17-18,22,26H,4-7,10-11,16,19-20H2,1-3H3. The summed E-state index contributed by atoms with van der Waals surface area (Å²) >= 11 is 0. The Morgan fingerprint density at radius 3 is 2.47 bits per heavy atom. The van der Waals surface area contributed by atoms with Gasteiger partial charge in [-0.3, -0.25) is 14.2 Å². The first-order chi connectivity index (χ1) is 16.5. The third kappa shape index (κ3) is 5.08. The second kappa shape index (κ2) is 11.0. The number of hydrogen-bond donors (Lipinski definition) is 0. The van der Waals surface area contributed by atoms with Crippen LogP contribution in [0.4, 0.5) is 0 Å². The average Bonchev–Trinajstić information content (AvgIpc) is 3.37. The van der Waals surface area contributed by atoms with Crippen molar-refractivity contribution in [2.24, 2.45) is 5.92 Å². The van der Waals surface area contributed by atoms with E-state index in [0.717, 1.165) is 24.1 Å². The van der Waals surface area contributed by atoms with Gasteiger partial charge in [-0.25, -0.2) is 4.98 Å². The summed E-state index contributed by atoms with van der Waals surface area (Å²) in [4.78, 5) is 34.2. The number of hydrogen-bond acceptors (Lipinski definition) is 3. The summed E-state index contributed by atoms with van der Waals surface area (Å²) in [6.07, 6.45) is 8.18. The molecule has 34 heavy (non-hydrogen) atoms. The van der Waals surface area contributed by atoms with Gasteiger partial charge in [-0.1, -0.05) is 69.4 Å². The first-order valence-corrected chi connectivity index (χ1v) is 12.9. The highest BCUT2D eigenvalue weighted by Gasteiger charge is 2.29. The van der Waals surface area contributed by atoms with Crippen molar-refractivity contribution in [2.75, 3.05) is 6.54 Å². The lowest BCUT2D eigenvalue weighted by molar-refractivity contribution is -0.134. The molecule has 1 unspecified atom stereocenters. The van der Waals surface area contributed by atoms with Gasteiger partial charge in [0.25, 0.3) is 5.56 Å². The summed E-state index contributed by atoms with van der Waals surface area (Å²) in [6.45, 7) is 6.88. The summed E-state index contributed by atoms with van der Waals surface area (Å²) in [5.74, 6) is 1.51. The molecule has 1 atom stereocenters. The number of fused-ring (bicyclic) bond motifs is 1. The van der Waals surface area contributed by atoms with Crippen LogP contribution in [0.25, 0.3) is 16.6 Å². The third-order valence-corrected chi connectivity index (χ3v) is 7.18. The SMILES string of the molecule is CCCN(C(=O)CCC1CCCC1)C(CC)c1nc2ccccc2c(=O)n1-c1ccc(C)cc1. The molecule has 0 N–H and O–H groups in total. The number of rotatable bonds is 9. The predicted octanol–water partition coefficient (Wildman–Crippen LogP) is 6.35. The van der Waals surface area contributed by atoms with E-state index in [1.165, 1.54) is 25.7 Å². The molecule has 1 saturated carbocycles. The summed E-state index contributed by atoms with van der Waals surface area (Å²) in [7, 11) is 0. The summed E-state index contributed by atoms with van der Waals surface area (Å²) < 4.78 is 1.73. The quantitative estimate of drug-likeness (QED) is 0.374. The smallest absolute Gasteiger partial charge is 0.266 e. The van der Waals surface area contributed by atoms with Crippen LogP contribution >= 0.6 is 0 Å². The number of aryl methyl sites for hydroxylation is 1. The van der Waals surface area contributed by atoms with Crippen molar-refractivity contribution in [3.05, 3.63) is 70.3 Å². The molecule has 1 aliphatic rings. The molecule has 0 bridgehead atoms. The Balaban J connectivity index is 1.79. The lowest BCUT2D eigenvalue weighted by Crippen LogP contribution is -2.39. The van der Waals surface area contributed by atoms with Crippen LogP contribution in [0.5, 0.6) is 0 Å². The molecule has 0 aliphatic heterocycles. The van der Waals surface area contributed by atoms with Gasteiger partial charge in [-0.15, -0.1) is 0 Å². The van der Waals surface area contributed by atoms with Crippen LogP contribution in [0.1, 0.15) is 82.6 Å². The van der Waals surface area contributed by atoms with E-state index in [-0.39, 0.29) is 17.5 Å². The predicted molar refractivity (Wildman–Crippen MR) is 138 cm³/mol. The van der Waals surface area contributed by atoms with E-state index in [1.54, 1.807) is 4.57 Å². The van der Waals surface area contributed by atoms with Crippen molar-refractivity contribution in [2.45, 2.75) is 78.2 Å². The lowest BCUT2D eigenvalue weighted by atomic mass is 10.0. The Labute approximate surface area is 202 Å². The number of carbonyl (C=O) groups is 1. The monoisotopic (exact) mass is 459 g/mol. The fraction of sp³-hybridized carbons (Fsp3) is 0.483. The minimum absolute atomic E-state index is 0.0854. The molecule has 1 amide bonds. The van der Waals surface area contributed by atoms with E-state index in [0.29, 0.717) is 42.0 Å². The van der Waals surface area contributed by atoms with Crippen LogP contribution in [0.3, 0.4) is 0 Å². The minimum atomic E-state index is -0.255. The van der Waals surface area contributed by atoms with Gasteiger partial charge < -0.3 is 4.90 Å². The number of para-hydroxylation sites is 1. The van der Waals surface area contributed by atoms with E-state index in [1.807, 2.05) is 60.4 Å². The Hall–Kier alpha value is -2.95. The van der Waals surface area contributed by atoms with Crippen molar-refractivity contribution < 1.29 is 4.79 Å². The second-order valence-electron chi connectivity index (χ2n) is 9.66. The second-order valence-corrected chi connectivity index (χ2v) is 9.66. The van der Waals surface area contributed by atoms with Gasteiger partial charge in [0.05, 0.1) is 22.6 Å². The van der Waals surface area contributed by atoms with E-state index in [4.69, 9.17) is 4.98 Å². The van der Waals surface area contributed by atoms with Crippen LogP contribution in [-0.2, 0) is 4.79 Å². The van der Waals surface area contributed by atoms with Gasteiger partial charge in [0, 0.05) is 13.0 Å². The van der Waals surface area contributed by atoms with Crippen molar-refractivity contribution in [1.29, 1.82) is 0 Å². The Bertz CT molecular complexity index is 1180. The zero-order valence-electron chi connectivity index (χ0n) is 20.8. The molecule has 3 aromatic rings. The highest BCUT2D eigenvalue weighted by molar-refractivity contribution is 5.79. The zero-order chi connectivity index (χ0) is 24.1. The van der Waals surface area contributed by atoms with Crippen LogP contribution < -0.4 is 5.56 Å². The Kier molecular flexibility index (Phi) is 7.81. The first-order valence-electron chi connectivity index (χ1n) is 12.9. The van der Waals surface area contributed by atoms with Crippen molar-refractivity contribution >= 4 is 16.8 Å². The van der Waals surface area contributed by atoms with Gasteiger partial charge in [-0.2, -0.15) is 0 Å². The fourth-order valence-corrected chi connectivity index (χ4v) is 5.32. The number of amides is 1. The number of nitrogens with zero attached hydrogens (tertiary/aromatic N) is 3. The van der Waals surface area contributed by atoms with Crippen LogP contribution in [0, 0.1) is 12.8 Å². The molecule has 180 valence electrons. The molecule has 1 heterocycles. The molecule has 1 aromatic heterocycles. The van der Waals surface area contributed by atoms with E-state index in [9.17, 15) is 9.59 Å². The normalized spacial score (nSPS) is 15.0. The number of benzene rings is 2. The van der Waals surface area contributed by atoms with Crippen molar-refractivity contribution in [1.82, 2.24) is 14.5 Å². The lowest BCUT2D eigenvalue weighted by Gasteiger charge is -2.32. The maximum absolute atomic E-state index is 13.7. The molecule has 5 heteroatoms. The van der Waals surface area contributed by atoms with Gasteiger partial charge >= 0.3 is 0 Å². The van der Waals surface area contributed by atoms with Gasteiger partial charge in [0.15, 0.2) is 0 Å². The summed E-state index contributed by atoms with van der Waals surface area (Å²) in [6, 6.07) is 15.2. The molecule has 1 fully saturated rings. The van der Waals surface area contributed by atoms with Crippen LogP contribution in [-0.4, -0.2) is 26.9 Å². The molecule has 1 aliphatic carbocycles. The maximum Gasteiger partial charge on any atom is 0.266 e. The largest absolute Gasteiger partial charge is 0.333 e. The highest BCUT2D eigenvalue weighted by Crippen LogP contribution is 2.31. The average molecular weight is 460 g/mol. The molecular formula is C29H37N3O2. The van der Waals surface area contributed by atoms with Gasteiger partial charge in [0.2, 0.25) is 5.91 Å². The molecule has 2 aromatic carbocycles. The zero-order valence-corrected chi connectivity index (χ0v) is 20.8. The molecule has 4 rings (SSSR count). The van der Waals surface area contributed by atoms with Crippen LogP contribution in [0.2, 0.25) is 0 Å². The molecular weight excluding hydrogens is 422 g/mol. The maximum atomic E-state index is 13.7. The molecule has 0 radical (unpaired) electrons. The minimum Gasteiger partial charge on any atom is -0.333 e. The van der Waals surface area contributed by atoms with E-state index < -0.39 is 0 Å². The highest BCUT2D eigenvalue weighted by atomic mass is 16.2. The van der Waals surface area contributed by atoms with Crippen LogP contribution in [0.15, 0.2) is 53.3 Å². The topological polar surface area (TPSA) is 55.2 Å². The molecule has 5 nitrogen and oxygen atoms in total. The van der Waals surface area contributed by atoms with Crippen molar-refractivity contribution in [3.63, 3.8) is 0 Å². The Morgan fingerprint density at radius 1 is 1.09 bits per heavy atom. The Morgan fingerprint density at radius 2 is 1.79 bits per heavy atom. The fourth-order valence-electron chi connectivity index (χ4n) is 5.32. The van der Waals surface area contributed by atoms with E-state index in [2.05, 4.69) is 13.8 Å². The van der Waals surface area contributed by atoms with Gasteiger partial charge in [0.1, 0.15) is 5.82 Å². The third-order valence-electron chi connectivity index (χ3n) is 7.18. The number of aromatic nitrogens is 2.